The Morgan fingerprint density at radius 3 is 2.65 bits per heavy atom. The maximum atomic E-state index is 11.9. The first-order valence-electron chi connectivity index (χ1n) is 6.08. The van der Waals surface area contributed by atoms with E-state index in [2.05, 4.69) is 25.5 Å². The van der Waals surface area contributed by atoms with Gasteiger partial charge in [0.2, 0.25) is 0 Å². The Balaban J connectivity index is 1.52. The van der Waals surface area contributed by atoms with Crippen LogP contribution in [0.2, 0.25) is 0 Å². The van der Waals surface area contributed by atoms with E-state index in [0.29, 0.717) is 0 Å². The number of tetrazole rings is 1. The summed E-state index contributed by atoms with van der Waals surface area (Å²) < 4.78 is 0. The van der Waals surface area contributed by atoms with Crippen molar-refractivity contribution in [1.82, 2.24) is 30.4 Å². The summed E-state index contributed by atoms with van der Waals surface area (Å²) in [6.07, 6.45) is 2.75. The fourth-order valence-electron chi connectivity index (χ4n) is 2.19. The van der Waals surface area contributed by atoms with Gasteiger partial charge in [-0.15, -0.1) is 10.2 Å². The third-order valence-electron chi connectivity index (χ3n) is 3.41. The zero-order valence-corrected chi connectivity index (χ0v) is 9.67. The molecule has 0 radical (unpaired) electrons. The Morgan fingerprint density at radius 1 is 1.29 bits per heavy atom. The van der Waals surface area contributed by atoms with E-state index >= 15 is 0 Å². The van der Waals surface area contributed by atoms with Crippen molar-refractivity contribution >= 4 is 5.91 Å². The van der Waals surface area contributed by atoms with Gasteiger partial charge in [0.15, 0.2) is 0 Å². The SMILES string of the molecule is O=C(c1nn[nH]n1)N1CCN(CC2CC2)CC1. The molecule has 92 valence electrons. The first-order chi connectivity index (χ1) is 8.33. The summed E-state index contributed by atoms with van der Waals surface area (Å²) >= 11 is 0. The Morgan fingerprint density at radius 2 is 2.06 bits per heavy atom. The molecule has 0 unspecified atom stereocenters. The summed E-state index contributed by atoms with van der Waals surface area (Å²) in [6.45, 7) is 4.64. The maximum absolute atomic E-state index is 11.9. The Labute approximate surface area is 99.2 Å². The molecule has 2 fully saturated rings. The van der Waals surface area contributed by atoms with Gasteiger partial charge in [-0.2, -0.15) is 5.21 Å². The lowest BCUT2D eigenvalue weighted by molar-refractivity contribution is 0.0620. The van der Waals surface area contributed by atoms with E-state index in [4.69, 9.17) is 0 Å². The van der Waals surface area contributed by atoms with Crippen molar-refractivity contribution in [3.63, 3.8) is 0 Å². The van der Waals surface area contributed by atoms with Crippen molar-refractivity contribution < 1.29 is 4.79 Å². The van der Waals surface area contributed by atoms with Gasteiger partial charge in [0, 0.05) is 32.7 Å². The lowest BCUT2D eigenvalue weighted by atomic mass is 10.2. The van der Waals surface area contributed by atoms with Crippen molar-refractivity contribution in [2.24, 2.45) is 5.92 Å². The smallest absolute Gasteiger partial charge is 0.295 e. The topological polar surface area (TPSA) is 78.0 Å². The molecule has 1 aromatic rings. The average Bonchev–Trinajstić information content (AvgIpc) is 3.00. The third-order valence-corrected chi connectivity index (χ3v) is 3.41. The predicted octanol–water partition coefficient (Wildman–Crippen LogP) is -0.632. The number of carbonyl (C=O) groups is 1. The van der Waals surface area contributed by atoms with Crippen LogP contribution in [0.25, 0.3) is 0 Å². The monoisotopic (exact) mass is 236 g/mol. The van der Waals surface area contributed by atoms with E-state index in [1.165, 1.54) is 19.4 Å². The van der Waals surface area contributed by atoms with Gasteiger partial charge >= 0.3 is 0 Å². The number of nitrogens with one attached hydrogen (secondary N) is 1. The first-order valence-corrected chi connectivity index (χ1v) is 6.08. The van der Waals surface area contributed by atoms with Crippen LogP contribution in [0.1, 0.15) is 23.5 Å². The molecule has 2 aliphatic rings. The summed E-state index contributed by atoms with van der Waals surface area (Å²) in [7, 11) is 0. The van der Waals surface area contributed by atoms with Crippen LogP contribution in [0.3, 0.4) is 0 Å². The molecule has 7 heteroatoms. The average molecular weight is 236 g/mol. The molecule has 1 aliphatic heterocycles. The summed E-state index contributed by atoms with van der Waals surface area (Å²) in [5, 5.41) is 13.1. The summed E-state index contributed by atoms with van der Waals surface area (Å²) in [5.41, 5.74) is 0. The van der Waals surface area contributed by atoms with Crippen molar-refractivity contribution in [3.8, 4) is 0 Å². The van der Waals surface area contributed by atoms with Crippen LogP contribution < -0.4 is 0 Å². The number of amides is 1. The predicted molar refractivity (Wildman–Crippen MR) is 59.2 cm³/mol. The van der Waals surface area contributed by atoms with Crippen molar-refractivity contribution in [3.05, 3.63) is 5.82 Å². The summed E-state index contributed by atoms with van der Waals surface area (Å²) in [6, 6.07) is 0. The van der Waals surface area contributed by atoms with Crippen molar-refractivity contribution in [2.75, 3.05) is 32.7 Å². The van der Waals surface area contributed by atoms with Gasteiger partial charge in [-0.3, -0.25) is 9.69 Å². The van der Waals surface area contributed by atoms with Gasteiger partial charge in [0.05, 0.1) is 0 Å². The molecule has 0 bridgehead atoms. The highest BCUT2D eigenvalue weighted by atomic mass is 16.2. The van der Waals surface area contributed by atoms with E-state index in [-0.39, 0.29) is 11.7 Å². The van der Waals surface area contributed by atoms with E-state index in [0.717, 1.165) is 32.1 Å². The molecule has 1 amide bonds. The van der Waals surface area contributed by atoms with Gasteiger partial charge in [-0.1, -0.05) is 0 Å². The molecule has 0 spiro atoms. The van der Waals surface area contributed by atoms with E-state index in [1.807, 2.05) is 0 Å². The third kappa shape index (κ3) is 2.44. The zero-order chi connectivity index (χ0) is 11.7. The van der Waals surface area contributed by atoms with Gasteiger partial charge in [-0.05, 0) is 24.0 Å². The molecule has 0 atom stereocenters. The second kappa shape index (κ2) is 4.40. The van der Waals surface area contributed by atoms with E-state index in [9.17, 15) is 4.79 Å². The number of piperazine rings is 1. The molecule has 1 aromatic heterocycles. The van der Waals surface area contributed by atoms with Crippen molar-refractivity contribution in [2.45, 2.75) is 12.8 Å². The van der Waals surface area contributed by atoms with Gasteiger partial charge in [0.25, 0.3) is 11.7 Å². The van der Waals surface area contributed by atoms with Crippen LogP contribution in [0, 0.1) is 5.92 Å². The molecule has 0 aromatic carbocycles. The van der Waals surface area contributed by atoms with Crippen LogP contribution in [0.15, 0.2) is 0 Å². The van der Waals surface area contributed by atoms with E-state index in [1.54, 1.807) is 4.90 Å². The zero-order valence-electron chi connectivity index (χ0n) is 9.67. The largest absolute Gasteiger partial charge is 0.333 e. The Kier molecular flexibility index (Phi) is 2.76. The van der Waals surface area contributed by atoms with Crippen LogP contribution >= 0.6 is 0 Å². The molecule has 1 saturated heterocycles. The van der Waals surface area contributed by atoms with Crippen LogP contribution in [-0.4, -0.2) is 69.1 Å². The van der Waals surface area contributed by atoms with E-state index < -0.39 is 0 Å². The quantitative estimate of drug-likeness (QED) is 0.756. The fourth-order valence-corrected chi connectivity index (χ4v) is 2.19. The highest BCUT2D eigenvalue weighted by Crippen LogP contribution is 2.29. The minimum Gasteiger partial charge on any atom is -0.333 e. The molecular weight excluding hydrogens is 220 g/mol. The van der Waals surface area contributed by atoms with Gasteiger partial charge in [-0.25, -0.2) is 0 Å². The first kappa shape index (κ1) is 10.6. The second-order valence-corrected chi connectivity index (χ2v) is 4.77. The maximum Gasteiger partial charge on any atom is 0.295 e. The normalized spacial score (nSPS) is 21.8. The van der Waals surface area contributed by atoms with Crippen LogP contribution in [0.5, 0.6) is 0 Å². The highest BCUT2D eigenvalue weighted by molar-refractivity contribution is 5.90. The highest BCUT2D eigenvalue weighted by Gasteiger charge is 2.28. The lowest BCUT2D eigenvalue weighted by Crippen LogP contribution is -2.49. The summed E-state index contributed by atoms with van der Waals surface area (Å²) in [4.78, 5) is 16.2. The Hall–Kier alpha value is -1.50. The molecule has 2 heterocycles. The number of rotatable bonds is 3. The molecule has 17 heavy (non-hydrogen) atoms. The number of aromatic nitrogens is 4. The van der Waals surface area contributed by atoms with Crippen LogP contribution in [-0.2, 0) is 0 Å². The molecule has 1 saturated carbocycles. The minimum absolute atomic E-state index is 0.121. The summed E-state index contributed by atoms with van der Waals surface area (Å²) in [5.74, 6) is 0.958. The molecule has 3 rings (SSSR count). The number of aromatic amines is 1. The molecule has 1 aliphatic carbocycles. The molecule has 7 nitrogen and oxygen atoms in total. The fraction of sp³-hybridized carbons (Fsp3) is 0.800. The number of hydrogen-bond acceptors (Lipinski definition) is 5. The lowest BCUT2D eigenvalue weighted by Gasteiger charge is -2.34. The number of carbonyl (C=O) groups excluding carboxylic acids is 1. The number of hydrogen-bond donors (Lipinski definition) is 1. The van der Waals surface area contributed by atoms with Crippen LogP contribution in [0.4, 0.5) is 0 Å². The molecular formula is C10H16N6O. The second-order valence-electron chi connectivity index (χ2n) is 4.77. The van der Waals surface area contributed by atoms with Crippen molar-refractivity contribution in [1.29, 1.82) is 0 Å². The minimum atomic E-state index is -0.121. The number of H-pyrrole nitrogens is 1. The van der Waals surface area contributed by atoms with Gasteiger partial charge in [0.1, 0.15) is 0 Å². The standard InChI is InChI=1S/C10H16N6O/c17-10(9-11-13-14-12-9)16-5-3-15(4-6-16)7-8-1-2-8/h8H,1-7H2,(H,11,12,13,14). The van der Waals surface area contributed by atoms with Gasteiger partial charge < -0.3 is 4.90 Å². The Bertz CT molecular complexity index is 380. The number of nitrogens with zero attached hydrogens (tertiary/aromatic N) is 5. The molecule has 1 N–H and O–H groups in total.